The van der Waals surface area contributed by atoms with Crippen molar-refractivity contribution in [3.63, 3.8) is 0 Å². The van der Waals surface area contributed by atoms with Crippen LogP contribution in [0.25, 0.3) is 0 Å². The van der Waals surface area contributed by atoms with E-state index in [-0.39, 0.29) is 0 Å². The summed E-state index contributed by atoms with van der Waals surface area (Å²) < 4.78 is 0. The fourth-order valence-corrected chi connectivity index (χ4v) is 0.808. The summed E-state index contributed by atoms with van der Waals surface area (Å²) in [5.74, 6) is 3.75. The average Bonchev–Trinajstić information content (AvgIpc) is 1.89. The smallest absolute Gasteiger partial charge is 0.0211 e. The Morgan fingerprint density at radius 2 is 2.33 bits per heavy atom. The number of terminal acetylenes is 1. The third kappa shape index (κ3) is 7.87. The van der Waals surface area contributed by atoms with E-state index in [0.29, 0.717) is 0 Å². The van der Waals surface area contributed by atoms with Gasteiger partial charge in [-0.3, -0.25) is 0 Å². The lowest BCUT2D eigenvalue weighted by atomic mass is 10.4. The normalized spacial score (nSPS) is 8.89. The van der Waals surface area contributed by atoms with Gasteiger partial charge < -0.3 is 5.32 Å². The van der Waals surface area contributed by atoms with Crippen molar-refractivity contribution < 1.29 is 0 Å². The van der Waals surface area contributed by atoms with E-state index in [4.69, 9.17) is 6.42 Å². The van der Waals surface area contributed by atoms with Gasteiger partial charge >= 0.3 is 0 Å². The van der Waals surface area contributed by atoms with E-state index in [1.54, 1.807) is 0 Å². The maximum atomic E-state index is 5.05. The first kappa shape index (κ1) is 8.87. The van der Waals surface area contributed by atoms with Gasteiger partial charge in [0.1, 0.15) is 0 Å². The monoisotopic (exact) mass is 143 g/mol. The maximum Gasteiger partial charge on any atom is 0.0211 e. The summed E-state index contributed by atoms with van der Waals surface area (Å²) in [6.07, 6.45) is 7.99. The van der Waals surface area contributed by atoms with Gasteiger partial charge in [-0.2, -0.15) is 11.8 Å². The van der Waals surface area contributed by atoms with Crippen molar-refractivity contribution in [1.82, 2.24) is 5.32 Å². The van der Waals surface area contributed by atoms with Crippen LogP contribution in [-0.4, -0.2) is 25.1 Å². The Bertz CT molecular complexity index is 85.4. The van der Waals surface area contributed by atoms with Crippen molar-refractivity contribution in [2.24, 2.45) is 0 Å². The second kappa shape index (κ2) is 7.87. The fourth-order valence-electron chi connectivity index (χ4n) is 0.460. The Kier molecular flexibility index (Phi) is 7.76. The lowest BCUT2D eigenvalue weighted by molar-refractivity contribution is 0.739. The number of rotatable bonds is 5. The predicted octanol–water partition coefficient (Wildman–Crippen LogP) is 0.962. The van der Waals surface area contributed by atoms with Crippen molar-refractivity contribution in [3.8, 4) is 12.3 Å². The molecule has 0 aliphatic heterocycles. The number of thioether (sulfide) groups is 1. The minimum atomic E-state index is 0.842. The molecule has 0 rings (SSSR count). The molecule has 2 heteroatoms. The molecule has 1 N–H and O–H groups in total. The van der Waals surface area contributed by atoms with E-state index in [2.05, 4.69) is 17.5 Å². The zero-order valence-corrected chi connectivity index (χ0v) is 6.63. The Balaban J connectivity index is 2.69. The first-order valence-electron chi connectivity index (χ1n) is 3.05. The molecule has 1 nitrogen and oxygen atoms in total. The Morgan fingerprint density at radius 1 is 1.56 bits per heavy atom. The van der Waals surface area contributed by atoms with E-state index < -0.39 is 0 Å². The molecule has 0 bridgehead atoms. The number of nitrogens with one attached hydrogen (secondary N) is 1. The SMILES string of the molecule is C#CCCNCCSC. The molecular weight excluding hydrogens is 130 g/mol. The van der Waals surface area contributed by atoms with E-state index in [1.165, 1.54) is 5.75 Å². The zero-order chi connectivity index (χ0) is 6.95. The third-order valence-corrected chi connectivity index (χ3v) is 1.54. The first-order chi connectivity index (χ1) is 4.41. The molecule has 0 heterocycles. The third-order valence-electron chi connectivity index (χ3n) is 0.929. The van der Waals surface area contributed by atoms with Crippen LogP contribution < -0.4 is 5.32 Å². The number of hydrogen-bond donors (Lipinski definition) is 1. The molecule has 0 unspecified atom stereocenters. The van der Waals surface area contributed by atoms with Crippen molar-refractivity contribution in [1.29, 1.82) is 0 Å². The highest BCUT2D eigenvalue weighted by Crippen LogP contribution is 1.86. The van der Waals surface area contributed by atoms with Crippen LogP contribution in [0.3, 0.4) is 0 Å². The highest BCUT2D eigenvalue weighted by atomic mass is 32.2. The predicted molar refractivity (Wildman–Crippen MR) is 44.7 cm³/mol. The maximum absolute atomic E-state index is 5.05. The summed E-state index contributed by atoms with van der Waals surface area (Å²) >= 11 is 1.85. The highest BCUT2D eigenvalue weighted by molar-refractivity contribution is 7.98. The molecule has 0 radical (unpaired) electrons. The van der Waals surface area contributed by atoms with Gasteiger partial charge in [0.05, 0.1) is 0 Å². The van der Waals surface area contributed by atoms with E-state index in [0.717, 1.165) is 19.5 Å². The largest absolute Gasteiger partial charge is 0.315 e. The molecule has 0 spiro atoms. The Morgan fingerprint density at radius 3 is 2.89 bits per heavy atom. The molecule has 52 valence electrons. The molecule has 0 saturated heterocycles. The molecule has 0 aliphatic carbocycles. The molecule has 0 aromatic heterocycles. The molecule has 0 aromatic rings. The lowest BCUT2D eigenvalue weighted by Crippen LogP contribution is -2.17. The summed E-state index contributed by atoms with van der Waals surface area (Å²) in [5, 5.41) is 3.22. The molecule has 0 amide bonds. The second-order valence-electron chi connectivity index (χ2n) is 1.70. The van der Waals surface area contributed by atoms with Gasteiger partial charge in [-0.15, -0.1) is 12.3 Å². The molecule has 0 aromatic carbocycles. The average molecular weight is 143 g/mol. The van der Waals surface area contributed by atoms with Gasteiger partial charge in [-0.05, 0) is 6.26 Å². The Labute approximate surface area is 61.6 Å². The zero-order valence-electron chi connectivity index (χ0n) is 5.81. The summed E-state index contributed by atoms with van der Waals surface area (Å²) in [4.78, 5) is 0. The summed E-state index contributed by atoms with van der Waals surface area (Å²) in [6, 6.07) is 0. The van der Waals surface area contributed by atoms with Gasteiger partial charge in [0.15, 0.2) is 0 Å². The molecule has 0 fully saturated rings. The van der Waals surface area contributed by atoms with E-state index >= 15 is 0 Å². The summed E-state index contributed by atoms with van der Waals surface area (Å²) in [7, 11) is 0. The van der Waals surface area contributed by atoms with Crippen molar-refractivity contribution in [2.75, 3.05) is 25.1 Å². The van der Waals surface area contributed by atoms with Crippen molar-refractivity contribution in [3.05, 3.63) is 0 Å². The van der Waals surface area contributed by atoms with Gasteiger partial charge in [0, 0.05) is 25.3 Å². The quantitative estimate of drug-likeness (QED) is 0.454. The van der Waals surface area contributed by atoms with Gasteiger partial charge in [-0.25, -0.2) is 0 Å². The molecule has 0 atom stereocenters. The minimum Gasteiger partial charge on any atom is -0.315 e. The van der Waals surface area contributed by atoms with Crippen LogP contribution in [0.5, 0.6) is 0 Å². The number of hydrogen-bond acceptors (Lipinski definition) is 2. The minimum absolute atomic E-state index is 0.842. The highest BCUT2D eigenvalue weighted by Gasteiger charge is 1.82. The standard InChI is InChI=1S/C7H13NS/c1-3-4-5-8-6-7-9-2/h1,8H,4-7H2,2H3. The van der Waals surface area contributed by atoms with Crippen LogP contribution in [0.2, 0.25) is 0 Å². The van der Waals surface area contributed by atoms with E-state index in [9.17, 15) is 0 Å². The topological polar surface area (TPSA) is 12.0 Å². The molecular formula is C7H13NS. The summed E-state index contributed by atoms with van der Waals surface area (Å²) in [6.45, 7) is 2.03. The van der Waals surface area contributed by atoms with Gasteiger partial charge in [0.25, 0.3) is 0 Å². The van der Waals surface area contributed by atoms with Crippen LogP contribution in [0.4, 0.5) is 0 Å². The molecule has 9 heavy (non-hydrogen) atoms. The van der Waals surface area contributed by atoms with Crippen LogP contribution in [-0.2, 0) is 0 Å². The van der Waals surface area contributed by atoms with Crippen LogP contribution in [0.15, 0.2) is 0 Å². The first-order valence-corrected chi connectivity index (χ1v) is 4.44. The van der Waals surface area contributed by atoms with E-state index in [1.807, 2.05) is 11.8 Å². The van der Waals surface area contributed by atoms with Crippen LogP contribution in [0.1, 0.15) is 6.42 Å². The fraction of sp³-hybridized carbons (Fsp3) is 0.714. The lowest BCUT2D eigenvalue weighted by Gasteiger charge is -1.97. The van der Waals surface area contributed by atoms with Gasteiger partial charge in [0.2, 0.25) is 0 Å². The summed E-state index contributed by atoms with van der Waals surface area (Å²) in [5.41, 5.74) is 0. The van der Waals surface area contributed by atoms with Crippen molar-refractivity contribution >= 4 is 11.8 Å². The van der Waals surface area contributed by atoms with Crippen LogP contribution in [0, 0.1) is 12.3 Å². The van der Waals surface area contributed by atoms with Crippen molar-refractivity contribution in [2.45, 2.75) is 6.42 Å². The van der Waals surface area contributed by atoms with Gasteiger partial charge in [-0.1, -0.05) is 0 Å². The second-order valence-corrected chi connectivity index (χ2v) is 2.68. The molecule has 0 saturated carbocycles. The molecule has 0 aliphatic rings. The Hall–Kier alpha value is -0.130. The van der Waals surface area contributed by atoms with Crippen LogP contribution >= 0.6 is 11.8 Å².